The number of hydrogen-bond acceptors (Lipinski definition) is 3. The fourth-order valence-corrected chi connectivity index (χ4v) is 2.72. The van der Waals surface area contributed by atoms with Crippen LogP contribution in [-0.2, 0) is 0 Å². The molecular weight excluding hydrogens is 372 g/mol. The molecule has 0 saturated carbocycles. The highest BCUT2D eigenvalue weighted by Gasteiger charge is 2.00. The molecule has 3 heteroatoms. The Hall–Kier alpha value is -3.33. The fourth-order valence-electron chi connectivity index (χ4n) is 2.72. The van der Waals surface area contributed by atoms with E-state index in [1.54, 1.807) is 20.8 Å². The second kappa shape index (κ2) is 12.3. The monoisotopic (exact) mass is 402 g/mol. The van der Waals surface area contributed by atoms with Gasteiger partial charge in [-0.15, -0.1) is 0 Å². The lowest BCUT2D eigenvalue weighted by Crippen LogP contribution is -1.93. The molecule has 0 radical (unpaired) electrons. The van der Waals surface area contributed by atoms with Gasteiger partial charge in [-0.25, -0.2) is 0 Å². The van der Waals surface area contributed by atoms with Crippen molar-refractivity contribution in [2.24, 2.45) is 0 Å². The van der Waals surface area contributed by atoms with Crippen LogP contribution in [0.1, 0.15) is 68.5 Å². The summed E-state index contributed by atoms with van der Waals surface area (Å²) in [5, 5.41) is 0. The second-order valence-corrected chi connectivity index (χ2v) is 7.16. The number of ketones is 3. The molecule has 156 valence electrons. The van der Waals surface area contributed by atoms with E-state index in [0.717, 1.165) is 27.8 Å². The molecule has 0 N–H and O–H groups in total. The summed E-state index contributed by atoms with van der Waals surface area (Å²) in [6, 6.07) is 22.8. The standard InChI is InChI=1S/3C9H10O/c1-7-3-5-9(6-4-7)8(2)10;2*1-7-5-3-4-6-9(7)8(2)10/h3*3-6H,1-2H3. The van der Waals surface area contributed by atoms with Gasteiger partial charge in [0.1, 0.15) is 0 Å². The Labute approximate surface area is 179 Å². The van der Waals surface area contributed by atoms with Crippen molar-refractivity contribution in [2.45, 2.75) is 41.5 Å². The molecule has 3 rings (SSSR count). The van der Waals surface area contributed by atoms with Crippen LogP contribution in [-0.4, -0.2) is 17.3 Å². The molecule has 0 aliphatic rings. The first-order valence-corrected chi connectivity index (χ1v) is 9.84. The van der Waals surface area contributed by atoms with Crippen LogP contribution < -0.4 is 0 Å². The van der Waals surface area contributed by atoms with Gasteiger partial charge in [0.2, 0.25) is 0 Å². The zero-order valence-electron chi connectivity index (χ0n) is 18.7. The molecule has 0 heterocycles. The first kappa shape index (κ1) is 24.7. The average molecular weight is 403 g/mol. The number of rotatable bonds is 3. The Morgan fingerprint density at radius 2 is 0.867 bits per heavy atom. The van der Waals surface area contributed by atoms with Gasteiger partial charge in [-0.1, -0.05) is 78.4 Å². The first-order valence-electron chi connectivity index (χ1n) is 9.84. The lowest BCUT2D eigenvalue weighted by molar-refractivity contribution is 0.100. The molecule has 0 fully saturated rings. The van der Waals surface area contributed by atoms with Crippen LogP contribution in [0, 0.1) is 20.8 Å². The Balaban J connectivity index is 0.000000225. The summed E-state index contributed by atoms with van der Waals surface area (Å²) in [7, 11) is 0. The number of benzene rings is 3. The minimum atomic E-state index is 0.125. The summed E-state index contributed by atoms with van der Waals surface area (Å²) in [4.78, 5) is 32.5. The summed E-state index contributed by atoms with van der Waals surface area (Å²) in [6.07, 6.45) is 0. The predicted octanol–water partition coefficient (Wildman–Crippen LogP) is 6.59. The SMILES string of the molecule is CC(=O)c1ccc(C)cc1.CC(=O)c1ccccc1C.CC(=O)c1ccccc1C. The number of aryl methyl sites for hydroxylation is 3. The van der Waals surface area contributed by atoms with E-state index in [0.29, 0.717) is 0 Å². The van der Waals surface area contributed by atoms with E-state index in [1.807, 2.05) is 93.6 Å². The van der Waals surface area contributed by atoms with Gasteiger partial charge in [0.15, 0.2) is 17.3 Å². The summed E-state index contributed by atoms with van der Waals surface area (Å²) in [5.41, 5.74) is 5.71. The van der Waals surface area contributed by atoms with E-state index in [1.165, 1.54) is 5.56 Å². The van der Waals surface area contributed by atoms with E-state index >= 15 is 0 Å². The van der Waals surface area contributed by atoms with E-state index < -0.39 is 0 Å². The third-order valence-corrected chi connectivity index (χ3v) is 4.51. The molecule has 0 aliphatic heterocycles. The van der Waals surface area contributed by atoms with Crippen molar-refractivity contribution in [1.82, 2.24) is 0 Å². The van der Waals surface area contributed by atoms with Crippen LogP contribution in [0.25, 0.3) is 0 Å². The number of hydrogen-bond donors (Lipinski definition) is 0. The van der Waals surface area contributed by atoms with Crippen molar-refractivity contribution >= 4 is 17.3 Å². The van der Waals surface area contributed by atoms with Gasteiger partial charge < -0.3 is 0 Å². The van der Waals surface area contributed by atoms with Crippen molar-refractivity contribution < 1.29 is 14.4 Å². The highest BCUT2D eigenvalue weighted by atomic mass is 16.1. The summed E-state index contributed by atoms with van der Waals surface area (Å²) in [5.74, 6) is 0.399. The largest absolute Gasteiger partial charge is 0.295 e. The van der Waals surface area contributed by atoms with E-state index in [9.17, 15) is 14.4 Å². The molecule has 3 nitrogen and oxygen atoms in total. The first-order chi connectivity index (χ1) is 14.1. The molecule has 3 aromatic rings. The molecule has 0 atom stereocenters. The Kier molecular flexibility index (Phi) is 10.1. The van der Waals surface area contributed by atoms with Gasteiger partial charge in [-0.05, 0) is 52.7 Å². The van der Waals surface area contributed by atoms with E-state index in [2.05, 4.69) is 0 Å². The van der Waals surface area contributed by atoms with Crippen molar-refractivity contribution in [2.75, 3.05) is 0 Å². The van der Waals surface area contributed by atoms with Crippen molar-refractivity contribution in [3.05, 3.63) is 106 Å². The molecule has 0 bridgehead atoms. The van der Waals surface area contributed by atoms with Gasteiger partial charge in [-0.3, -0.25) is 14.4 Å². The quantitative estimate of drug-likeness (QED) is 0.464. The molecular formula is C27H30O3. The lowest BCUT2D eigenvalue weighted by Gasteiger charge is -1.97. The number of Topliss-reactive ketones (excluding diaryl/α,β-unsaturated/α-hetero) is 3. The van der Waals surface area contributed by atoms with Gasteiger partial charge in [0.25, 0.3) is 0 Å². The Morgan fingerprint density at radius 3 is 1.13 bits per heavy atom. The van der Waals surface area contributed by atoms with Crippen molar-refractivity contribution in [3.8, 4) is 0 Å². The van der Waals surface area contributed by atoms with Gasteiger partial charge in [0.05, 0.1) is 0 Å². The highest BCUT2D eigenvalue weighted by Crippen LogP contribution is 2.07. The normalized spacial score (nSPS) is 9.40. The van der Waals surface area contributed by atoms with E-state index in [4.69, 9.17) is 0 Å². The molecule has 0 aliphatic carbocycles. The fraction of sp³-hybridized carbons (Fsp3) is 0.222. The molecule has 30 heavy (non-hydrogen) atoms. The van der Waals surface area contributed by atoms with Crippen LogP contribution in [0.3, 0.4) is 0 Å². The van der Waals surface area contributed by atoms with Crippen molar-refractivity contribution in [3.63, 3.8) is 0 Å². The molecule has 0 saturated heterocycles. The van der Waals surface area contributed by atoms with Crippen LogP contribution in [0.15, 0.2) is 72.8 Å². The second-order valence-electron chi connectivity index (χ2n) is 7.16. The number of carbonyl (C=O) groups is 3. The lowest BCUT2D eigenvalue weighted by atomic mass is 10.1. The Bertz CT molecular complexity index is 943. The number of carbonyl (C=O) groups excluding carboxylic acids is 3. The summed E-state index contributed by atoms with van der Waals surface area (Å²) in [6.45, 7) is 10.6. The predicted molar refractivity (Wildman–Crippen MR) is 124 cm³/mol. The van der Waals surface area contributed by atoms with Crippen molar-refractivity contribution in [1.29, 1.82) is 0 Å². The maximum absolute atomic E-state index is 10.9. The van der Waals surface area contributed by atoms with Gasteiger partial charge in [0, 0.05) is 16.7 Å². The highest BCUT2D eigenvalue weighted by molar-refractivity contribution is 5.96. The Morgan fingerprint density at radius 1 is 0.500 bits per heavy atom. The summed E-state index contributed by atoms with van der Waals surface area (Å²) < 4.78 is 0. The molecule has 0 amide bonds. The minimum Gasteiger partial charge on any atom is -0.295 e. The maximum atomic E-state index is 10.9. The van der Waals surface area contributed by atoms with Gasteiger partial charge >= 0.3 is 0 Å². The average Bonchev–Trinajstić information content (AvgIpc) is 2.69. The smallest absolute Gasteiger partial charge is 0.160 e. The van der Waals surface area contributed by atoms with Crippen LogP contribution in [0.5, 0.6) is 0 Å². The molecule has 0 spiro atoms. The maximum Gasteiger partial charge on any atom is 0.160 e. The third-order valence-electron chi connectivity index (χ3n) is 4.51. The van der Waals surface area contributed by atoms with E-state index in [-0.39, 0.29) is 17.3 Å². The molecule has 0 aromatic heterocycles. The zero-order valence-corrected chi connectivity index (χ0v) is 18.7. The summed E-state index contributed by atoms with van der Waals surface area (Å²) >= 11 is 0. The van der Waals surface area contributed by atoms with Gasteiger partial charge in [-0.2, -0.15) is 0 Å². The third kappa shape index (κ3) is 8.36. The van der Waals surface area contributed by atoms with Crippen LogP contribution in [0.4, 0.5) is 0 Å². The topological polar surface area (TPSA) is 51.2 Å². The molecule has 0 unspecified atom stereocenters. The van der Waals surface area contributed by atoms with Crippen LogP contribution in [0.2, 0.25) is 0 Å². The molecule has 3 aromatic carbocycles. The van der Waals surface area contributed by atoms with Crippen LogP contribution >= 0.6 is 0 Å². The minimum absolute atomic E-state index is 0.125. The zero-order chi connectivity index (χ0) is 22.7.